The number of aryl methyl sites for hydroxylation is 1. The number of amides is 1. The van der Waals surface area contributed by atoms with Crippen LogP contribution in [-0.4, -0.2) is 28.2 Å². The molecule has 1 aromatic heterocycles. The molecule has 0 radical (unpaired) electrons. The summed E-state index contributed by atoms with van der Waals surface area (Å²) >= 11 is 1.44. The highest BCUT2D eigenvalue weighted by Gasteiger charge is 2.18. The van der Waals surface area contributed by atoms with Gasteiger partial charge in [-0.1, -0.05) is 84.6 Å². The van der Waals surface area contributed by atoms with E-state index >= 15 is 0 Å². The summed E-state index contributed by atoms with van der Waals surface area (Å²) in [6, 6.07) is 28.3. The Kier molecular flexibility index (Phi) is 6.53. The highest BCUT2D eigenvalue weighted by atomic mass is 32.2. The van der Waals surface area contributed by atoms with E-state index in [1.54, 1.807) is 0 Å². The van der Waals surface area contributed by atoms with E-state index in [1.807, 2.05) is 79.4 Å². The van der Waals surface area contributed by atoms with Crippen molar-refractivity contribution in [2.45, 2.75) is 19.0 Å². The number of H-pyrrole nitrogens is 1. The topological polar surface area (TPSA) is 49.0 Å². The van der Waals surface area contributed by atoms with Crippen molar-refractivity contribution in [3.8, 4) is 22.5 Å². The summed E-state index contributed by atoms with van der Waals surface area (Å²) in [5, 5.41) is 0.742. The van der Waals surface area contributed by atoms with E-state index < -0.39 is 0 Å². The second-order valence-electron chi connectivity index (χ2n) is 7.26. The van der Waals surface area contributed by atoms with Crippen LogP contribution in [0, 0.1) is 6.92 Å². The lowest BCUT2D eigenvalue weighted by Crippen LogP contribution is -2.32. The number of imidazole rings is 1. The lowest BCUT2D eigenvalue weighted by molar-refractivity contribution is -0.116. The number of aromatic amines is 1. The average Bonchev–Trinajstić information content (AvgIpc) is 3.24. The lowest BCUT2D eigenvalue weighted by Gasteiger charge is -2.21. The molecular formula is C26H25N3OS. The molecule has 5 heteroatoms. The van der Waals surface area contributed by atoms with Crippen molar-refractivity contribution in [2.75, 3.05) is 17.2 Å². The summed E-state index contributed by atoms with van der Waals surface area (Å²) in [6.45, 7) is 4.67. The highest BCUT2D eigenvalue weighted by molar-refractivity contribution is 7.99. The van der Waals surface area contributed by atoms with Gasteiger partial charge in [-0.2, -0.15) is 0 Å². The smallest absolute Gasteiger partial charge is 0.237 e. The van der Waals surface area contributed by atoms with Crippen LogP contribution in [0.1, 0.15) is 12.5 Å². The third-order valence-corrected chi connectivity index (χ3v) is 5.91. The van der Waals surface area contributed by atoms with E-state index in [-0.39, 0.29) is 5.91 Å². The zero-order chi connectivity index (χ0) is 21.6. The van der Waals surface area contributed by atoms with E-state index in [4.69, 9.17) is 4.98 Å². The minimum Gasteiger partial charge on any atom is -0.332 e. The molecule has 31 heavy (non-hydrogen) atoms. The Morgan fingerprint density at radius 2 is 1.61 bits per heavy atom. The quantitative estimate of drug-likeness (QED) is 0.357. The molecule has 0 saturated carbocycles. The van der Waals surface area contributed by atoms with Gasteiger partial charge in [0.15, 0.2) is 5.16 Å². The Hall–Kier alpha value is -3.31. The van der Waals surface area contributed by atoms with Gasteiger partial charge in [-0.25, -0.2) is 4.98 Å². The van der Waals surface area contributed by atoms with Gasteiger partial charge in [0.2, 0.25) is 5.91 Å². The molecule has 3 aromatic carbocycles. The van der Waals surface area contributed by atoms with E-state index in [0.717, 1.165) is 38.9 Å². The van der Waals surface area contributed by atoms with Crippen molar-refractivity contribution in [3.63, 3.8) is 0 Å². The summed E-state index contributed by atoms with van der Waals surface area (Å²) in [7, 11) is 0. The van der Waals surface area contributed by atoms with Crippen LogP contribution in [0.4, 0.5) is 5.69 Å². The number of rotatable bonds is 7. The summed E-state index contributed by atoms with van der Waals surface area (Å²) < 4.78 is 0. The number of aromatic nitrogens is 2. The first kappa shape index (κ1) is 20.9. The molecule has 0 fully saturated rings. The van der Waals surface area contributed by atoms with Crippen LogP contribution in [0.5, 0.6) is 0 Å². The summed E-state index contributed by atoms with van der Waals surface area (Å²) in [6.07, 6.45) is 0. The van der Waals surface area contributed by atoms with Gasteiger partial charge in [-0.05, 0) is 31.5 Å². The molecule has 1 heterocycles. The molecule has 4 nitrogen and oxygen atoms in total. The number of nitrogens with one attached hydrogen (secondary N) is 1. The maximum Gasteiger partial charge on any atom is 0.237 e. The minimum absolute atomic E-state index is 0.0667. The predicted molar refractivity (Wildman–Crippen MR) is 129 cm³/mol. The fourth-order valence-electron chi connectivity index (χ4n) is 3.55. The molecule has 1 N–H and O–H groups in total. The molecule has 4 rings (SSSR count). The van der Waals surface area contributed by atoms with Crippen molar-refractivity contribution in [2.24, 2.45) is 0 Å². The molecular weight excluding hydrogens is 402 g/mol. The van der Waals surface area contributed by atoms with Gasteiger partial charge in [0.1, 0.15) is 0 Å². The van der Waals surface area contributed by atoms with Crippen molar-refractivity contribution >= 4 is 23.4 Å². The number of carbonyl (C=O) groups is 1. The van der Waals surface area contributed by atoms with Crippen LogP contribution >= 0.6 is 11.8 Å². The molecule has 0 atom stereocenters. The maximum absolute atomic E-state index is 13.0. The number of anilines is 1. The second kappa shape index (κ2) is 9.67. The number of carbonyl (C=O) groups excluding carboxylic acids is 1. The zero-order valence-electron chi connectivity index (χ0n) is 17.7. The lowest BCUT2D eigenvalue weighted by atomic mass is 10.1. The van der Waals surface area contributed by atoms with Gasteiger partial charge >= 0.3 is 0 Å². The van der Waals surface area contributed by atoms with Crippen LogP contribution < -0.4 is 4.90 Å². The number of thioether (sulfide) groups is 1. The Bertz CT molecular complexity index is 1100. The number of hydrogen-bond acceptors (Lipinski definition) is 3. The molecule has 156 valence electrons. The number of benzene rings is 3. The molecule has 1 amide bonds. The molecule has 0 spiro atoms. The maximum atomic E-state index is 13.0. The van der Waals surface area contributed by atoms with Crippen LogP contribution in [0.2, 0.25) is 0 Å². The largest absolute Gasteiger partial charge is 0.332 e. The Balaban J connectivity index is 1.57. The predicted octanol–water partition coefficient (Wildman–Crippen LogP) is 6.20. The third-order valence-electron chi connectivity index (χ3n) is 5.05. The van der Waals surface area contributed by atoms with Crippen molar-refractivity contribution in [1.29, 1.82) is 0 Å². The van der Waals surface area contributed by atoms with Crippen LogP contribution in [0.3, 0.4) is 0 Å². The van der Waals surface area contributed by atoms with E-state index in [9.17, 15) is 4.79 Å². The number of hydrogen-bond donors (Lipinski definition) is 1. The average molecular weight is 428 g/mol. The van der Waals surface area contributed by atoms with Crippen molar-refractivity contribution in [1.82, 2.24) is 9.97 Å². The molecule has 0 aliphatic carbocycles. The first-order valence-corrected chi connectivity index (χ1v) is 11.3. The fourth-order valence-corrected chi connectivity index (χ4v) is 4.29. The standard InChI is InChI=1S/C26H25N3OS/c1-3-29(22-16-10-11-19(2)17-22)23(30)18-31-26-27-24(20-12-6-4-7-13-20)25(28-26)21-14-8-5-9-15-21/h4-17H,3,18H2,1-2H3,(H,27,28). The summed E-state index contributed by atoms with van der Waals surface area (Å²) in [5.74, 6) is 0.384. The molecule has 0 unspecified atom stereocenters. The Morgan fingerprint density at radius 1 is 0.935 bits per heavy atom. The van der Waals surface area contributed by atoms with Crippen LogP contribution in [-0.2, 0) is 4.79 Å². The van der Waals surface area contributed by atoms with Crippen LogP contribution in [0.15, 0.2) is 90.1 Å². The Morgan fingerprint density at radius 3 is 2.26 bits per heavy atom. The van der Waals surface area contributed by atoms with Gasteiger partial charge in [0, 0.05) is 23.4 Å². The van der Waals surface area contributed by atoms with E-state index in [0.29, 0.717) is 12.3 Å². The SMILES string of the molecule is CCN(C(=O)CSc1nc(-c2ccccc2)c(-c2ccccc2)[nH]1)c1cccc(C)c1. The minimum atomic E-state index is 0.0667. The molecule has 4 aromatic rings. The monoisotopic (exact) mass is 427 g/mol. The van der Waals surface area contributed by atoms with Crippen molar-refractivity contribution in [3.05, 3.63) is 90.5 Å². The van der Waals surface area contributed by atoms with Gasteiger partial charge in [-0.15, -0.1) is 0 Å². The summed E-state index contributed by atoms with van der Waals surface area (Å²) in [5.41, 5.74) is 6.05. The van der Waals surface area contributed by atoms with Gasteiger partial charge in [0.05, 0.1) is 17.1 Å². The molecule has 0 bridgehead atoms. The van der Waals surface area contributed by atoms with E-state index in [2.05, 4.69) is 29.2 Å². The van der Waals surface area contributed by atoms with Gasteiger partial charge in [0.25, 0.3) is 0 Å². The Labute approximate surface area is 187 Å². The normalized spacial score (nSPS) is 10.8. The number of nitrogens with zero attached hydrogens (tertiary/aromatic N) is 2. The molecule has 0 aliphatic heterocycles. The first-order chi connectivity index (χ1) is 15.2. The highest BCUT2D eigenvalue weighted by Crippen LogP contribution is 2.32. The van der Waals surface area contributed by atoms with Gasteiger partial charge < -0.3 is 9.88 Å². The van der Waals surface area contributed by atoms with Crippen LogP contribution in [0.25, 0.3) is 22.5 Å². The van der Waals surface area contributed by atoms with Crippen molar-refractivity contribution < 1.29 is 4.79 Å². The van der Waals surface area contributed by atoms with E-state index in [1.165, 1.54) is 11.8 Å². The molecule has 0 aliphatic rings. The first-order valence-electron chi connectivity index (χ1n) is 10.4. The second-order valence-corrected chi connectivity index (χ2v) is 8.23. The molecule has 0 saturated heterocycles. The summed E-state index contributed by atoms with van der Waals surface area (Å²) in [4.78, 5) is 23.0. The third kappa shape index (κ3) is 4.89. The zero-order valence-corrected chi connectivity index (χ0v) is 18.5. The fraction of sp³-hybridized carbons (Fsp3) is 0.154. The van der Waals surface area contributed by atoms with Gasteiger partial charge in [-0.3, -0.25) is 4.79 Å².